The number of anilines is 1. The van der Waals surface area contributed by atoms with E-state index in [4.69, 9.17) is 14.2 Å². The van der Waals surface area contributed by atoms with Gasteiger partial charge in [-0.25, -0.2) is 4.39 Å². The Hall–Kier alpha value is -3.70. The van der Waals surface area contributed by atoms with Crippen molar-refractivity contribution in [2.75, 3.05) is 51.4 Å². The van der Waals surface area contributed by atoms with Crippen LogP contribution in [-0.2, 0) is 31.7 Å². The lowest BCUT2D eigenvalue weighted by Gasteiger charge is -2.26. The zero-order valence-electron chi connectivity index (χ0n) is 22.0. The lowest BCUT2D eigenvalue weighted by atomic mass is 9.96. The minimum Gasteiger partial charge on any atom is -0.492 e. The Kier molecular flexibility index (Phi) is 9.59. The number of carbonyl (C=O) groups excluding carboxylic acids is 2. The molecule has 1 fully saturated rings. The molecule has 1 amide bonds. The maximum Gasteiger partial charge on any atom is 0.416 e. The first kappa shape index (κ1) is 29.3. The average molecular weight is 563 g/mol. The highest BCUT2D eigenvalue weighted by molar-refractivity contribution is 6.01. The molecule has 0 aromatic heterocycles. The number of carbonyl (C=O) groups is 2. The van der Waals surface area contributed by atoms with Gasteiger partial charge in [-0.3, -0.25) is 14.5 Å². The van der Waals surface area contributed by atoms with Gasteiger partial charge in [0, 0.05) is 37.8 Å². The summed E-state index contributed by atoms with van der Waals surface area (Å²) in [6.07, 6.45) is -1.71. The van der Waals surface area contributed by atoms with E-state index in [0.717, 1.165) is 12.1 Å². The number of ketones is 1. The molecule has 0 spiro atoms. The zero-order valence-corrected chi connectivity index (χ0v) is 22.0. The van der Waals surface area contributed by atoms with Crippen LogP contribution in [0.2, 0.25) is 0 Å². The minimum atomic E-state index is -4.65. The lowest BCUT2D eigenvalue weighted by Crippen LogP contribution is -2.38. The van der Waals surface area contributed by atoms with Gasteiger partial charge in [0.05, 0.1) is 31.8 Å². The molecule has 0 saturated carbocycles. The van der Waals surface area contributed by atoms with Crippen LogP contribution in [0, 0.1) is 5.82 Å². The molecule has 2 aromatic carbocycles. The third-order valence-corrected chi connectivity index (χ3v) is 6.40. The Morgan fingerprint density at radius 1 is 1.10 bits per heavy atom. The van der Waals surface area contributed by atoms with E-state index in [1.54, 1.807) is 25.1 Å². The van der Waals surface area contributed by atoms with Crippen molar-refractivity contribution in [2.45, 2.75) is 25.9 Å². The van der Waals surface area contributed by atoms with Gasteiger partial charge >= 0.3 is 6.18 Å². The highest BCUT2D eigenvalue weighted by Crippen LogP contribution is 2.34. The zero-order chi connectivity index (χ0) is 28.7. The van der Waals surface area contributed by atoms with Crippen molar-refractivity contribution in [1.29, 1.82) is 0 Å². The normalized spacial score (nSPS) is 16.3. The smallest absolute Gasteiger partial charge is 0.416 e. The number of ether oxygens (including phenoxy) is 3. The summed E-state index contributed by atoms with van der Waals surface area (Å²) < 4.78 is 71.6. The predicted molar refractivity (Wildman–Crippen MR) is 140 cm³/mol. The molecular formula is C29H30F4N2O5. The highest BCUT2D eigenvalue weighted by Gasteiger charge is 2.32. The molecule has 1 N–H and O–H groups in total. The summed E-state index contributed by atoms with van der Waals surface area (Å²) in [6, 6.07) is 7.29. The van der Waals surface area contributed by atoms with E-state index in [9.17, 15) is 27.2 Å². The second-order valence-corrected chi connectivity index (χ2v) is 9.31. The molecule has 1 aliphatic heterocycles. The Morgan fingerprint density at radius 3 is 2.58 bits per heavy atom. The maximum atomic E-state index is 14.9. The van der Waals surface area contributed by atoms with Crippen LogP contribution >= 0.6 is 0 Å². The molecule has 0 radical (unpaired) electrons. The van der Waals surface area contributed by atoms with Gasteiger partial charge in [0.25, 0.3) is 0 Å². The second kappa shape index (κ2) is 13.1. The number of benzene rings is 2. The molecule has 2 aromatic rings. The summed E-state index contributed by atoms with van der Waals surface area (Å²) in [7, 11) is 0. The van der Waals surface area contributed by atoms with E-state index < -0.39 is 29.9 Å². The second-order valence-electron chi connectivity index (χ2n) is 9.31. The molecule has 7 nitrogen and oxygen atoms in total. The standard InChI is InChI=1S/C29H30F4N2O5/c1-2-39-27-14-20(5-6-26(27)36)19-3-4-21(25(30)13-19)15-28(37)34-23-16-22(29(31,32)33)17-24(18-23)40-12-9-35-7-10-38-11-8-35/h3-5,13-14,16-18H,2,6-12,15H2,1H3,(H,34,37). The third kappa shape index (κ3) is 7.92. The van der Waals surface area contributed by atoms with E-state index >= 15 is 0 Å². The van der Waals surface area contributed by atoms with E-state index in [1.807, 2.05) is 0 Å². The summed E-state index contributed by atoms with van der Waals surface area (Å²) in [5.41, 5.74) is 0.104. The van der Waals surface area contributed by atoms with Crippen molar-refractivity contribution < 1.29 is 41.4 Å². The SMILES string of the molecule is CCOC1=CC(c2ccc(CC(=O)Nc3cc(OCCN4CCOCC4)cc(C(F)(F)F)c3)c(F)c2)=CCC1=O. The number of allylic oxidation sites excluding steroid dienone is 4. The number of amides is 1. The first-order chi connectivity index (χ1) is 19.1. The number of nitrogens with one attached hydrogen (secondary N) is 1. The lowest BCUT2D eigenvalue weighted by molar-refractivity contribution is -0.137. The molecule has 0 atom stereocenters. The fourth-order valence-corrected chi connectivity index (χ4v) is 4.35. The van der Waals surface area contributed by atoms with E-state index in [-0.39, 0.29) is 41.6 Å². The van der Waals surface area contributed by atoms with E-state index in [2.05, 4.69) is 10.2 Å². The molecule has 1 saturated heterocycles. The van der Waals surface area contributed by atoms with Gasteiger partial charge in [0.15, 0.2) is 5.76 Å². The third-order valence-electron chi connectivity index (χ3n) is 6.40. The van der Waals surface area contributed by atoms with Crippen molar-refractivity contribution >= 4 is 23.0 Å². The van der Waals surface area contributed by atoms with Gasteiger partial charge < -0.3 is 19.5 Å². The summed E-state index contributed by atoms with van der Waals surface area (Å²) in [5.74, 6) is -1.35. The maximum absolute atomic E-state index is 14.9. The number of nitrogens with zero attached hydrogens (tertiary/aromatic N) is 1. The van der Waals surface area contributed by atoms with Crippen LogP contribution < -0.4 is 10.1 Å². The van der Waals surface area contributed by atoms with Crippen LogP contribution in [0.1, 0.15) is 30.0 Å². The van der Waals surface area contributed by atoms with Crippen molar-refractivity contribution in [1.82, 2.24) is 4.90 Å². The fraction of sp³-hybridized carbons (Fsp3) is 0.379. The van der Waals surface area contributed by atoms with Crippen molar-refractivity contribution in [2.24, 2.45) is 0 Å². The Labute approximate surface area is 229 Å². The number of alkyl halides is 3. The average Bonchev–Trinajstić information content (AvgIpc) is 2.91. The van der Waals surface area contributed by atoms with E-state index in [0.29, 0.717) is 50.6 Å². The number of rotatable bonds is 10. The van der Waals surface area contributed by atoms with Crippen LogP contribution in [0.3, 0.4) is 0 Å². The highest BCUT2D eigenvalue weighted by atomic mass is 19.4. The molecular weight excluding hydrogens is 532 g/mol. The molecule has 214 valence electrons. The van der Waals surface area contributed by atoms with Gasteiger partial charge in [-0.15, -0.1) is 0 Å². The van der Waals surface area contributed by atoms with E-state index in [1.165, 1.54) is 18.2 Å². The van der Waals surface area contributed by atoms with Gasteiger partial charge in [0.1, 0.15) is 18.2 Å². The van der Waals surface area contributed by atoms with Crippen LogP contribution in [0.25, 0.3) is 5.57 Å². The number of halogens is 4. The monoisotopic (exact) mass is 562 g/mol. The molecule has 0 unspecified atom stereocenters. The molecule has 0 bridgehead atoms. The number of hydrogen-bond donors (Lipinski definition) is 1. The number of morpholine rings is 1. The largest absolute Gasteiger partial charge is 0.492 e. The molecule has 4 rings (SSSR count). The Bertz CT molecular complexity index is 1300. The van der Waals surface area contributed by atoms with Gasteiger partial charge in [-0.05, 0) is 47.9 Å². The summed E-state index contributed by atoms with van der Waals surface area (Å²) in [6.45, 7) is 5.37. The summed E-state index contributed by atoms with van der Waals surface area (Å²) in [5, 5.41) is 2.43. The summed E-state index contributed by atoms with van der Waals surface area (Å²) >= 11 is 0. The van der Waals surface area contributed by atoms with Crippen LogP contribution in [0.4, 0.5) is 23.2 Å². The number of hydrogen-bond acceptors (Lipinski definition) is 6. The Balaban J connectivity index is 1.42. The Morgan fingerprint density at radius 2 is 1.88 bits per heavy atom. The first-order valence-corrected chi connectivity index (χ1v) is 12.9. The first-order valence-electron chi connectivity index (χ1n) is 12.9. The minimum absolute atomic E-state index is 0.0346. The topological polar surface area (TPSA) is 77.1 Å². The fourth-order valence-electron chi connectivity index (χ4n) is 4.35. The number of Topliss-reactive ketones (excluding diaryl/α,β-unsaturated/α-hetero) is 1. The van der Waals surface area contributed by atoms with Crippen LogP contribution in [0.5, 0.6) is 5.75 Å². The van der Waals surface area contributed by atoms with Crippen LogP contribution in [-0.4, -0.2) is 62.7 Å². The summed E-state index contributed by atoms with van der Waals surface area (Å²) in [4.78, 5) is 26.7. The van der Waals surface area contributed by atoms with Gasteiger partial charge in [0.2, 0.25) is 11.7 Å². The molecule has 2 aliphatic rings. The quantitative estimate of drug-likeness (QED) is 0.411. The van der Waals surface area contributed by atoms with Crippen LogP contribution in [0.15, 0.2) is 54.3 Å². The van der Waals surface area contributed by atoms with Crippen molar-refractivity contribution in [3.8, 4) is 5.75 Å². The van der Waals surface area contributed by atoms with Gasteiger partial charge in [-0.2, -0.15) is 13.2 Å². The predicted octanol–water partition coefficient (Wildman–Crippen LogP) is 5.01. The molecule has 11 heteroatoms. The van der Waals surface area contributed by atoms with Crippen molar-refractivity contribution in [3.63, 3.8) is 0 Å². The molecule has 1 heterocycles. The van der Waals surface area contributed by atoms with Gasteiger partial charge in [-0.1, -0.05) is 18.2 Å². The molecule has 40 heavy (non-hydrogen) atoms. The van der Waals surface area contributed by atoms with Crippen molar-refractivity contribution in [3.05, 3.63) is 76.8 Å². The molecule has 1 aliphatic carbocycles.